The van der Waals surface area contributed by atoms with Gasteiger partial charge in [-0.1, -0.05) is 13.3 Å². The Kier molecular flexibility index (Phi) is 5.79. The number of ether oxygens (including phenoxy) is 1. The molecule has 2 N–H and O–H groups in total. The Balaban J connectivity index is 4.34. The van der Waals surface area contributed by atoms with Crippen molar-refractivity contribution in [3.8, 4) is 0 Å². The number of amides is 1. The van der Waals surface area contributed by atoms with Gasteiger partial charge in [0.25, 0.3) is 0 Å². The molecule has 16 heavy (non-hydrogen) atoms. The summed E-state index contributed by atoms with van der Waals surface area (Å²) < 4.78 is 5.19. The van der Waals surface area contributed by atoms with Gasteiger partial charge >= 0.3 is 6.09 Å². The van der Waals surface area contributed by atoms with Crippen molar-refractivity contribution >= 4 is 6.09 Å². The average Bonchev–Trinajstić information content (AvgIpc) is 1.99. The SMILES string of the molecule is CCC[C@@](C)(CCO)NC(=O)OC(C)(C)C. The van der Waals surface area contributed by atoms with Gasteiger partial charge in [-0.2, -0.15) is 0 Å². The molecule has 0 aliphatic carbocycles. The fourth-order valence-electron chi connectivity index (χ4n) is 1.60. The summed E-state index contributed by atoms with van der Waals surface area (Å²) >= 11 is 0. The van der Waals surface area contributed by atoms with Crippen LogP contribution in [0.5, 0.6) is 0 Å². The van der Waals surface area contributed by atoms with E-state index in [4.69, 9.17) is 9.84 Å². The van der Waals surface area contributed by atoms with Crippen LogP contribution in [0.25, 0.3) is 0 Å². The largest absolute Gasteiger partial charge is 0.444 e. The molecule has 1 amide bonds. The van der Waals surface area contributed by atoms with Crippen LogP contribution in [0.15, 0.2) is 0 Å². The summed E-state index contributed by atoms with van der Waals surface area (Å²) in [6.45, 7) is 9.52. The van der Waals surface area contributed by atoms with Crippen molar-refractivity contribution in [3.05, 3.63) is 0 Å². The summed E-state index contributed by atoms with van der Waals surface area (Å²) in [5.41, 5.74) is -0.873. The second kappa shape index (κ2) is 6.09. The molecular formula is C12H25NO3. The zero-order valence-electron chi connectivity index (χ0n) is 11.1. The van der Waals surface area contributed by atoms with Gasteiger partial charge in [-0.15, -0.1) is 0 Å². The molecule has 0 fully saturated rings. The third-order valence-corrected chi connectivity index (χ3v) is 2.27. The van der Waals surface area contributed by atoms with E-state index in [2.05, 4.69) is 5.32 Å². The number of rotatable bonds is 5. The van der Waals surface area contributed by atoms with Crippen molar-refractivity contribution in [3.63, 3.8) is 0 Å². The Labute approximate surface area is 98.4 Å². The van der Waals surface area contributed by atoms with Crippen molar-refractivity contribution in [2.24, 2.45) is 0 Å². The molecule has 0 heterocycles. The zero-order chi connectivity index (χ0) is 12.8. The van der Waals surface area contributed by atoms with E-state index in [1.807, 2.05) is 34.6 Å². The topological polar surface area (TPSA) is 58.6 Å². The van der Waals surface area contributed by atoms with Gasteiger partial charge in [-0.25, -0.2) is 4.79 Å². The van der Waals surface area contributed by atoms with Gasteiger partial charge in [0.2, 0.25) is 0 Å². The van der Waals surface area contributed by atoms with E-state index in [1.165, 1.54) is 0 Å². The summed E-state index contributed by atoms with van der Waals surface area (Å²) in [7, 11) is 0. The van der Waals surface area contributed by atoms with Gasteiger partial charge in [0.15, 0.2) is 0 Å². The molecule has 4 nitrogen and oxygen atoms in total. The van der Waals surface area contributed by atoms with Gasteiger partial charge < -0.3 is 15.2 Å². The van der Waals surface area contributed by atoms with Crippen LogP contribution in [0.1, 0.15) is 53.9 Å². The third kappa shape index (κ3) is 6.67. The summed E-state index contributed by atoms with van der Waals surface area (Å²) in [5, 5.41) is 11.8. The molecule has 0 aliphatic heterocycles. The van der Waals surface area contributed by atoms with E-state index < -0.39 is 11.7 Å². The minimum Gasteiger partial charge on any atom is -0.444 e. The minimum absolute atomic E-state index is 0.0618. The highest BCUT2D eigenvalue weighted by molar-refractivity contribution is 5.68. The Morgan fingerprint density at radius 1 is 1.25 bits per heavy atom. The molecule has 0 spiro atoms. The maximum absolute atomic E-state index is 11.6. The lowest BCUT2D eigenvalue weighted by Crippen LogP contribution is -2.48. The highest BCUT2D eigenvalue weighted by atomic mass is 16.6. The molecule has 0 unspecified atom stereocenters. The molecule has 0 aromatic rings. The van der Waals surface area contributed by atoms with E-state index in [0.717, 1.165) is 12.8 Å². The van der Waals surface area contributed by atoms with Crippen LogP contribution in [-0.4, -0.2) is 28.9 Å². The molecule has 1 atom stereocenters. The number of hydrogen-bond acceptors (Lipinski definition) is 3. The van der Waals surface area contributed by atoms with E-state index in [9.17, 15) is 4.79 Å². The van der Waals surface area contributed by atoms with Gasteiger partial charge in [0.05, 0.1) is 0 Å². The van der Waals surface area contributed by atoms with Crippen LogP contribution in [0, 0.1) is 0 Å². The molecular weight excluding hydrogens is 206 g/mol. The Morgan fingerprint density at radius 3 is 2.19 bits per heavy atom. The molecule has 96 valence electrons. The van der Waals surface area contributed by atoms with Crippen LogP contribution in [0.4, 0.5) is 4.79 Å². The lowest BCUT2D eigenvalue weighted by Gasteiger charge is -2.31. The van der Waals surface area contributed by atoms with Gasteiger partial charge in [0.1, 0.15) is 5.60 Å². The zero-order valence-corrected chi connectivity index (χ0v) is 11.1. The van der Waals surface area contributed by atoms with E-state index in [1.54, 1.807) is 0 Å². The van der Waals surface area contributed by atoms with Gasteiger partial charge in [0, 0.05) is 12.1 Å². The van der Waals surface area contributed by atoms with E-state index >= 15 is 0 Å². The van der Waals surface area contributed by atoms with E-state index in [0.29, 0.717) is 6.42 Å². The molecule has 4 heteroatoms. The number of aliphatic hydroxyl groups is 1. The quantitative estimate of drug-likeness (QED) is 0.764. The first-order valence-electron chi connectivity index (χ1n) is 5.84. The van der Waals surface area contributed by atoms with Crippen LogP contribution in [0.3, 0.4) is 0 Å². The second-order valence-electron chi connectivity index (χ2n) is 5.41. The number of nitrogens with one attached hydrogen (secondary N) is 1. The van der Waals surface area contributed by atoms with Crippen molar-refractivity contribution in [1.82, 2.24) is 5.32 Å². The molecule has 0 radical (unpaired) electrons. The minimum atomic E-state index is -0.490. The number of carbonyl (C=O) groups is 1. The van der Waals surface area contributed by atoms with Gasteiger partial charge in [-0.3, -0.25) is 0 Å². The lowest BCUT2D eigenvalue weighted by molar-refractivity contribution is 0.0441. The normalized spacial score (nSPS) is 15.4. The van der Waals surface area contributed by atoms with Crippen molar-refractivity contribution < 1.29 is 14.6 Å². The number of alkyl carbamates (subject to hydrolysis) is 1. The fraction of sp³-hybridized carbons (Fsp3) is 0.917. The molecule has 0 bridgehead atoms. The standard InChI is InChI=1S/C12H25NO3/c1-6-7-12(5,8-9-14)13-10(15)16-11(2,3)4/h14H,6-9H2,1-5H3,(H,13,15)/t12-/m0/s1. The van der Waals surface area contributed by atoms with Crippen LogP contribution in [-0.2, 0) is 4.74 Å². The number of carbonyl (C=O) groups excluding carboxylic acids is 1. The molecule has 0 aromatic heterocycles. The highest BCUT2D eigenvalue weighted by Crippen LogP contribution is 2.17. The van der Waals surface area contributed by atoms with Crippen molar-refractivity contribution in [1.29, 1.82) is 0 Å². The molecule has 0 aliphatic rings. The number of hydrogen-bond donors (Lipinski definition) is 2. The Bertz CT molecular complexity index is 215. The van der Waals surface area contributed by atoms with E-state index in [-0.39, 0.29) is 12.1 Å². The maximum atomic E-state index is 11.6. The van der Waals surface area contributed by atoms with Gasteiger partial charge in [-0.05, 0) is 40.5 Å². The summed E-state index contributed by atoms with van der Waals surface area (Å²) in [6.07, 6.45) is 1.90. The molecule has 0 aromatic carbocycles. The highest BCUT2D eigenvalue weighted by Gasteiger charge is 2.27. The predicted molar refractivity (Wildman–Crippen MR) is 64.4 cm³/mol. The molecule has 0 rings (SSSR count). The van der Waals surface area contributed by atoms with Crippen molar-refractivity contribution in [2.45, 2.75) is 65.0 Å². The Hall–Kier alpha value is -0.770. The summed E-state index contributed by atoms with van der Waals surface area (Å²) in [4.78, 5) is 11.6. The average molecular weight is 231 g/mol. The first-order chi connectivity index (χ1) is 7.22. The lowest BCUT2D eigenvalue weighted by atomic mass is 9.93. The second-order valence-corrected chi connectivity index (χ2v) is 5.41. The van der Waals surface area contributed by atoms with Crippen LogP contribution in [0.2, 0.25) is 0 Å². The maximum Gasteiger partial charge on any atom is 0.408 e. The predicted octanol–water partition coefficient (Wildman–Crippen LogP) is 2.45. The summed E-state index contributed by atoms with van der Waals surface area (Å²) in [6, 6.07) is 0. The van der Waals surface area contributed by atoms with Crippen LogP contribution < -0.4 is 5.32 Å². The molecule has 0 saturated heterocycles. The van der Waals surface area contributed by atoms with Crippen LogP contribution >= 0.6 is 0 Å². The summed E-state index contributed by atoms with van der Waals surface area (Å²) in [5.74, 6) is 0. The first-order valence-corrected chi connectivity index (χ1v) is 5.84. The third-order valence-electron chi connectivity index (χ3n) is 2.27. The Morgan fingerprint density at radius 2 is 1.81 bits per heavy atom. The monoisotopic (exact) mass is 231 g/mol. The van der Waals surface area contributed by atoms with Crippen molar-refractivity contribution in [2.75, 3.05) is 6.61 Å². The first kappa shape index (κ1) is 15.2. The fourth-order valence-corrected chi connectivity index (χ4v) is 1.60. The molecule has 0 saturated carbocycles. The number of aliphatic hydroxyl groups excluding tert-OH is 1. The smallest absolute Gasteiger partial charge is 0.408 e.